The van der Waals surface area contributed by atoms with Crippen molar-refractivity contribution in [2.75, 3.05) is 0 Å². The predicted molar refractivity (Wildman–Crippen MR) is 36.8 cm³/mol. The molecule has 0 bridgehead atoms. The van der Waals surface area contributed by atoms with Crippen LogP contribution in [0.15, 0.2) is 25.0 Å². The molecular weight excluding hydrogens is 130 g/mol. The molecule has 0 saturated heterocycles. The van der Waals surface area contributed by atoms with Crippen LogP contribution in [-0.2, 0) is 4.79 Å². The van der Waals surface area contributed by atoms with Crippen LogP contribution in [0.5, 0.6) is 0 Å². The van der Waals surface area contributed by atoms with Crippen LogP contribution in [0.2, 0.25) is 0 Å². The molecule has 1 heterocycles. The van der Waals surface area contributed by atoms with E-state index in [2.05, 4.69) is 11.7 Å². The Bertz CT molecular complexity index is 250. The van der Waals surface area contributed by atoms with Gasteiger partial charge in [-0.05, 0) is 6.07 Å². The number of aromatic nitrogens is 2. The number of carbonyl (C=O) groups is 1. The minimum atomic E-state index is -0.566. The number of primary amides is 1. The van der Waals surface area contributed by atoms with E-state index in [0.717, 1.165) is 0 Å². The minimum Gasteiger partial charge on any atom is -0.364 e. The van der Waals surface area contributed by atoms with Gasteiger partial charge in [0.2, 0.25) is 0 Å². The molecule has 0 unspecified atom stereocenters. The lowest BCUT2D eigenvalue weighted by atomic mass is 10.5. The zero-order valence-electron chi connectivity index (χ0n) is 5.32. The Morgan fingerprint density at radius 1 is 1.70 bits per heavy atom. The van der Waals surface area contributed by atoms with E-state index in [1.165, 1.54) is 4.68 Å². The lowest BCUT2D eigenvalue weighted by molar-refractivity contribution is -0.113. The van der Waals surface area contributed by atoms with Gasteiger partial charge in [0.15, 0.2) is 0 Å². The Labute approximate surface area is 57.9 Å². The number of hydrogen-bond donors (Lipinski definition) is 1. The largest absolute Gasteiger partial charge is 0.364 e. The standard InChI is InChI=1S/C6H7N3O/c1-5(6(7)10)9-4-2-3-8-9/h2-4H,1H2,(H2,7,10). The zero-order chi connectivity index (χ0) is 7.56. The fourth-order valence-corrected chi connectivity index (χ4v) is 0.541. The summed E-state index contributed by atoms with van der Waals surface area (Å²) < 4.78 is 1.32. The molecule has 0 spiro atoms. The molecule has 4 heteroatoms. The van der Waals surface area contributed by atoms with E-state index in [4.69, 9.17) is 5.73 Å². The smallest absolute Gasteiger partial charge is 0.266 e. The molecule has 0 aromatic carbocycles. The number of nitrogens with two attached hydrogens (primary N) is 1. The molecule has 1 aromatic rings. The van der Waals surface area contributed by atoms with Crippen LogP contribution in [0.25, 0.3) is 5.70 Å². The Hall–Kier alpha value is -1.58. The summed E-state index contributed by atoms with van der Waals surface area (Å²) in [7, 11) is 0. The summed E-state index contributed by atoms with van der Waals surface area (Å²) in [4.78, 5) is 10.5. The van der Waals surface area contributed by atoms with Gasteiger partial charge in [0, 0.05) is 12.4 Å². The highest BCUT2D eigenvalue weighted by Gasteiger charge is 2.01. The average Bonchev–Trinajstić information content (AvgIpc) is 2.36. The van der Waals surface area contributed by atoms with E-state index < -0.39 is 5.91 Å². The van der Waals surface area contributed by atoms with Gasteiger partial charge in [0.1, 0.15) is 5.70 Å². The molecule has 0 fully saturated rings. The third kappa shape index (κ3) is 1.05. The maximum atomic E-state index is 10.5. The van der Waals surface area contributed by atoms with Gasteiger partial charge in [-0.2, -0.15) is 5.10 Å². The van der Waals surface area contributed by atoms with Crippen LogP contribution < -0.4 is 5.73 Å². The summed E-state index contributed by atoms with van der Waals surface area (Å²) in [5.41, 5.74) is 5.10. The molecule has 10 heavy (non-hydrogen) atoms. The van der Waals surface area contributed by atoms with E-state index >= 15 is 0 Å². The van der Waals surface area contributed by atoms with Crippen molar-refractivity contribution in [1.82, 2.24) is 9.78 Å². The van der Waals surface area contributed by atoms with Crippen molar-refractivity contribution < 1.29 is 4.79 Å². The van der Waals surface area contributed by atoms with Crippen molar-refractivity contribution in [3.05, 3.63) is 25.0 Å². The number of nitrogens with zero attached hydrogens (tertiary/aromatic N) is 2. The Kier molecular flexibility index (Phi) is 1.53. The summed E-state index contributed by atoms with van der Waals surface area (Å²) in [6.07, 6.45) is 3.15. The second kappa shape index (κ2) is 2.34. The molecule has 0 radical (unpaired) electrons. The number of rotatable bonds is 2. The summed E-state index contributed by atoms with van der Waals surface area (Å²) in [5, 5.41) is 3.75. The monoisotopic (exact) mass is 137 g/mol. The highest BCUT2D eigenvalue weighted by atomic mass is 16.1. The summed E-state index contributed by atoms with van der Waals surface area (Å²) in [6, 6.07) is 1.69. The first-order chi connectivity index (χ1) is 4.72. The average molecular weight is 137 g/mol. The van der Waals surface area contributed by atoms with E-state index in [9.17, 15) is 4.79 Å². The van der Waals surface area contributed by atoms with Crippen molar-refractivity contribution >= 4 is 11.6 Å². The molecule has 0 atom stereocenters. The fourth-order valence-electron chi connectivity index (χ4n) is 0.541. The van der Waals surface area contributed by atoms with Crippen LogP contribution in [0, 0.1) is 0 Å². The number of hydrogen-bond acceptors (Lipinski definition) is 2. The van der Waals surface area contributed by atoms with Gasteiger partial charge >= 0.3 is 0 Å². The predicted octanol–water partition coefficient (Wildman–Crippen LogP) is -0.161. The normalized spacial score (nSPS) is 9.20. The second-order valence-electron chi connectivity index (χ2n) is 1.76. The number of carbonyl (C=O) groups excluding carboxylic acids is 1. The molecule has 52 valence electrons. The van der Waals surface area contributed by atoms with Crippen LogP contribution in [0.3, 0.4) is 0 Å². The van der Waals surface area contributed by atoms with Gasteiger partial charge in [-0.3, -0.25) is 4.79 Å². The highest BCUT2D eigenvalue weighted by Crippen LogP contribution is 1.95. The van der Waals surface area contributed by atoms with Crippen molar-refractivity contribution in [3.63, 3.8) is 0 Å². The first-order valence-corrected chi connectivity index (χ1v) is 2.70. The van der Waals surface area contributed by atoms with Crippen LogP contribution in [0.4, 0.5) is 0 Å². The van der Waals surface area contributed by atoms with Gasteiger partial charge < -0.3 is 5.73 Å². The first kappa shape index (κ1) is 6.54. The van der Waals surface area contributed by atoms with Crippen LogP contribution in [0.1, 0.15) is 0 Å². The molecule has 2 N–H and O–H groups in total. The zero-order valence-corrected chi connectivity index (χ0v) is 5.32. The first-order valence-electron chi connectivity index (χ1n) is 2.70. The maximum absolute atomic E-state index is 10.5. The molecule has 1 rings (SSSR count). The fraction of sp³-hybridized carbons (Fsp3) is 0. The van der Waals surface area contributed by atoms with Crippen molar-refractivity contribution in [2.45, 2.75) is 0 Å². The lowest BCUT2D eigenvalue weighted by Crippen LogP contribution is -2.16. The van der Waals surface area contributed by atoms with E-state index in [1.54, 1.807) is 18.5 Å². The SMILES string of the molecule is C=C(C(N)=O)n1cccn1. The third-order valence-corrected chi connectivity index (χ3v) is 1.07. The van der Waals surface area contributed by atoms with Crippen molar-refractivity contribution in [1.29, 1.82) is 0 Å². The highest BCUT2D eigenvalue weighted by molar-refractivity contribution is 6.11. The van der Waals surface area contributed by atoms with E-state index in [1.807, 2.05) is 0 Å². The lowest BCUT2D eigenvalue weighted by Gasteiger charge is -1.97. The molecule has 0 aliphatic heterocycles. The van der Waals surface area contributed by atoms with Gasteiger partial charge in [-0.25, -0.2) is 4.68 Å². The molecular formula is C6H7N3O. The topological polar surface area (TPSA) is 60.9 Å². The van der Waals surface area contributed by atoms with E-state index in [0.29, 0.717) is 0 Å². The summed E-state index contributed by atoms with van der Waals surface area (Å²) >= 11 is 0. The molecule has 4 nitrogen and oxygen atoms in total. The Morgan fingerprint density at radius 3 is 2.80 bits per heavy atom. The number of amides is 1. The van der Waals surface area contributed by atoms with Gasteiger partial charge in [-0.1, -0.05) is 6.58 Å². The molecule has 0 aliphatic carbocycles. The van der Waals surface area contributed by atoms with Gasteiger partial charge in [0.05, 0.1) is 0 Å². The molecule has 1 amide bonds. The van der Waals surface area contributed by atoms with Gasteiger partial charge in [0.25, 0.3) is 5.91 Å². The van der Waals surface area contributed by atoms with E-state index in [-0.39, 0.29) is 5.70 Å². The quantitative estimate of drug-likeness (QED) is 0.575. The third-order valence-electron chi connectivity index (χ3n) is 1.07. The molecule has 1 aromatic heterocycles. The molecule has 0 aliphatic rings. The van der Waals surface area contributed by atoms with Crippen LogP contribution in [-0.4, -0.2) is 15.7 Å². The van der Waals surface area contributed by atoms with Crippen molar-refractivity contribution in [2.24, 2.45) is 5.73 Å². The van der Waals surface area contributed by atoms with Crippen LogP contribution >= 0.6 is 0 Å². The van der Waals surface area contributed by atoms with Crippen molar-refractivity contribution in [3.8, 4) is 0 Å². The minimum absolute atomic E-state index is 0.171. The Balaban J connectivity index is 2.88. The second-order valence-corrected chi connectivity index (χ2v) is 1.76. The maximum Gasteiger partial charge on any atom is 0.266 e. The van der Waals surface area contributed by atoms with Gasteiger partial charge in [-0.15, -0.1) is 0 Å². The molecule has 0 saturated carbocycles. The summed E-state index contributed by atoms with van der Waals surface area (Å²) in [5.74, 6) is -0.566. The Morgan fingerprint density at radius 2 is 2.40 bits per heavy atom. The summed E-state index contributed by atoms with van der Waals surface area (Å²) in [6.45, 7) is 3.42.